The second-order valence-corrected chi connectivity index (χ2v) is 5.02. The SMILES string of the molecule is O=C(N1CCOCC1)N1CCC(Oc2ccccn2)C1. The Morgan fingerprint density at radius 1 is 1.25 bits per heavy atom. The highest BCUT2D eigenvalue weighted by Crippen LogP contribution is 2.17. The lowest BCUT2D eigenvalue weighted by Crippen LogP contribution is -2.47. The molecule has 0 radical (unpaired) electrons. The molecule has 3 heterocycles. The van der Waals surface area contributed by atoms with Crippen LogP contribution in [0.5, 0.6) is 5.88 Å². The second-order valence-electron chi connectivity index (χ2n) is 5.02. The van der Waals surface area contributed by atoms with E-state index < -0.39 is 0 Å². The molecule has 1 unspecified atom stereocenters. The minimum atomic E-state index is 0.0369. The minimum Gasteiger partial charge on any atom is -0.472 e. The molecule has 20 heavy (non-hydrogen) atoms. The highest BCUT2D eigenvalue weighted by molar-refractivity contribution is 5.74. The molecule has 0 N–H and O–H groups in total. The molecule has 0 spiro atoms. The van der Waals surface area contributed by atoms with E-state index in [9.17, 15) is 4.79 Å². The van der Waals surface area contributed by atoms with E-state index >= 15 is 0 Å². The van der Waals surface area contributed by atoms with E-state index in [1.54, 1.807) is 6.20 Å². The molecule has 3 rings (SSSR count). The van der Waals surface area contributed by atoms with Gasteiger partial charge in [0.05, 0.1) is 19.8 Å². The fraction of sp³-hybridized carbons (Fsp3) is 0.571. The van der Waals surface area contributed by atoms with Crippen LogP contribution in [-0.2, 0) is 4.74 Å². The number of aromatic nitrogens is 1. The molecule has 6 heteroatoms. The number of carbonyl (C=O) groups excluding carboxylic acids is 1. The normalized spacial score (nSPS) is 22.9. The highest BCUT2D eigenvalue weighted by Gasteiger charge is 2.31. The first-order valence-corrected chi connectivity index (χ1v) is 7.02. The van der Waals surface area contributed by atoms with Gasteiger partial charge in [-0.1, -0.05) is 6.07 Å². The molecule has 1 aromatic heterocycles. The van der Waals surface area contributed by atoms with Crippen molar-refractivity contribution in [1.82, 2.24) is 14.8 Å². The van der Waals surface area contributed by atoms with Gasteiger partial charge in [-0.05, 0) is 6.07 Å². The van der Waals surface area contributed by atoms with Crippen LogP contribution in [-0.4, -0.2) is 66.3 Å². The molecule has 2 fully saturated rings. The van der Waals surface area contributed by atoms with E-state index in [2.05, 4.69) is 4.98 Å². The maximum Gasteiger partial charge on any atom is 0.320 e. The lowest BCUT2D eigenvalue weighted by atomic mass is 10.3. The molecule has 2 amide bonds. The summed E-state index contributed by atoms with van der Waals surface area (Å²) in [5.41, 5.74) is 0. The van der Waals surface area contributed by atoms with Gasteiger partial charge in [0.2, 0.25) is 5.88 Å². The van der Waals surface area contributed by atoms with Crippen LogP contribution in [0, 0.1) is 0 Å². The Hall–Kier alpha value is -1.82. The monoisotopic (exact) mass is 277 g/mol. The van der Waals surface area contributed by atoms with Gasteiger partial charge >= 0.3 is 6.03 Å². The molecule has 0 aliphatic carbocycles. The van der Waals surface area contributed by atoms with Gasteiger partial charge in [0.25, 0.3) is 0 Å². The maximum absolute atomic E-state index is 12.3. The van der Waals surface area contributed by atoms with Crippen molar-refractivity contribution < 1.29 is 14.3 Å². The van der Waals surface area contributed by atoms with Crippen molar-refractivity contribution in [3.8, 4) is 5.88 Å². The van der Waals surface area contributed by atoms with Crippen LogP contribution in [0.3, 0.4) is 0 Å². The predicted molar refractivity (Wildman–Crippen MR) is 72.6 cm³/mol. The summed E-state index contributed by atoms with van der Waals surface area (Å²) in [4.78, 5) is 20.2. The maximum atomic E-state index is 12.3. The summed E-state index contributed by atoms with van der Waals surface area (Å²) in [5, 5.41) is 0. The zero-order chi connectivity index (χ0) is 13.8. The van der Waals surface area contributed by atoms with E-state index in [1.165, 1.54) is 0 Å². The predicted octanol–water partition coefficient (Wildman–Crippen LogP) is 0.987. The summed E-state index contributed by atoms with van der Waals surface area (Å²) < 4.78 is 11.1. The van der Waals surface area contributed by atoms with Gasteiger partial charge < -0.3 is 19.3 Å². The van der Waals surface area contributed by atoms with Gasteiger partial charge in [-0.15, -0.1) is 0 Å². The number of likely N-dealkylation sites (tertiary alicyclic amines) is 1. The Labute approximate surface area is 118 Å². The van der Waals surface area contributed by atoms with Crippen molar-refractivity contribution in [1.29, 1.82) is 0 Å². The van der Waals surface area contributed by atoms with E-state index in [0.717, 1.165) is 13.0 Å². The van der Waals surface area contributed by atoms with Gasteiger partial charge in [0.1, 0.15) is 6.10 Å². The molecule has 108 valence electrons. The average Bonchev–Trinajstić information content (AvgIpc) is 2.97. The van der Waals surface area contributed by atoms with Crippen LogP contribution >= 0.6 is 0 Å². The quantitative estimate of drug-likeness (QED) is 0.809. The first-order valence-electron chi connectivity index (χ1n) is 7.02. The zero-order valence-corrected chi connectivity index (χ0v) is 11.4. The highest BCUT2D eigenvalue weighted by atomic mass is 16.5. The van der Waals surface area contributed by atoms with Crippen molar-refractivity contribution >= 4 is 6.03 Å². The molecule has 1 atom stereocenters. The number of hydrogen-bond donors (Lipinski definition) is 0. The van der Waals surface area contributed by atoms with E-state index in [-0.39, 0.29) is 12.1 Å². The number of urea groups is 1. The van der Waals surface area contributed by atoms with Crippen LogP contribution in [0.15, 0.2) is 24.4 Å². The lowest BCUT2D eigenvalue weighted by Gasteiger charge is -2.30. The van der Waals surface area contributed by atoms with Gasteiger partial charge in [-0.3, -0.25) is 0 Å². The first kappa shape index (κ1) is 13.2. The van der Waals surface area contributed by atoms with Crippen LogP contribution in [0.1, 0.15) is 6.42 Å². The average molecular weight is 277 g/mol. The van der Waals surface area contributed by atoms with Crippen LogP contribution in [0.2, 0.25) is 0 Å². The summed E-state index contributed by atoms with van der Waals surface area (Å²) in [6.45, 7) is 4.00. The van der Waals surface area contributed by atoms with E-state index in [1.807, 2.05) is 28.0 Å². The smallest absolute Gasteiger partial charge is 0.320 e. The number of hydrogen-bond acceptors (Lipinski definition) is 4. The molecule has 0 saturated carbocycles. The number of amides is 2. The van der Waals surface area contributed by atoms with Crippen molar-refractivity contribution in [2.45, 2.75) is 12.5 Å². The van der Waals surface area contributed by atoms with Crippen molar-refractivity contribution in [3.05, 3.63) is 24.4 Å². The Morgan fingerprint density at radius 2 is 2.10 bits per heavy atom. The summed E-state index contributed by atoms with van der Waals surface area (Å²) in [7, 11) is 0. The second kappa shape index (κ2) is 6.09. The van der Waals surface area contributed by atoms with Gasteiger partial charge in [-0.25, -0.2) is 9.78 Å². The third kappa shape index (κ3) is 3.01. The molecule has 6 nitrogen and oxygen atoms in total. The molecule has 2 saturated heterocycles. The molecule has 2 aliphatic heterocycles. The Kier molecular flexibility index (Phi) is 4.01. The third-order valence-electron chi connectivity index (χ3n) is 3.62. The fourth-order valence-electron chi connectivity index (χ4n) is 2.54. The Balaban J connectivity index is 1.52. The Bertz CT molecular complexity index is 448. The number of carbonyl (C=O) groups is 1. The lowest BCUT2D eigenvalue weighted by molar-refractivity contribution is 0.0443. The summed E-state index contributed by atoms with van der Waals surface area (Å²) in [6.07, 6.45) is 2.60. The largest absolute Gasteiger partial charge is 0.472 e. The number of ether oxygens (including phenoxy) is 2. The minimum absolute atomic E-state index is 0.0369. The van der Waals surface area contributed by atoms with Gasteiger partial charge in [-0.2, -0.15) is 0 Å². The molecule has 0 bridgehead atoms. The first-order chi connectivity index (χ1) is 9.83. The molecular weight excluding hydrogens is 258 g/mol. The number of morpholine rings is 1. The van der Waals surface area contributed by atoms with Crippen LogP contribution in [0.25, 0.3) is 0 Å². The number of pyridine rings is 1. The van der Waals surface area contributed by atoms with E-state index in [0.29, 0.717) is 38.7 Å². The molecule has 0 aromatic carbocycles. The number of nitrogens with zero attached hydrogens (tertiary/aromatic N) is 3. The van der Waals surface area contributed by atoms with Crippen molar-refractivity contribution in [2.75, 3.05) is 39.4 Å². The standard InChI is InChI=1S/C14H19N3O3/c18-14(16-7-9-19-10-8-16)17-6-4-12(11-17)20-13-3-1-2-5-15-13/h1-3,5,12H,4,6-11H2. The zero-order valence-electron chi connectivity index (χ0n) is 11.4. The van der Waals surface area contributed by atoms with E-state index in [4.69, 9.17) is 9.47 Å². The van der Waals surface area contributed by atoms with Gasteiger partial charge in [0.15, 0.2) is 0 Å². The van der Waals surface area contributed by atoms with Crippen LogP contribution in [0.4, 0.5) is 4.79 Å². The topological polar surface area (TPSA) is 54.9 Å². The summed E-state index contributed by atoms with van der Waals surface area (Å²) in [5.74, 6) is 0.623. The fourth-order valence-corrected chi connectivity index (χ4v) is 2.54. The summed E-state index contributed by atoms with van der Waals surface area (Å²) in [6, 6.07) is 5.69. The van der Waals surface area contributed by atoms with Gasteiger partial charge in [0, 0.05) is 38.3 Å². The van der Waals surface area contributed by atoms with Crippen molar-refractivity contribution in [2.24, 2.45) is 0 Å². The molecule has 2 aliphatic rings. The molecular formula is C14H19N3O3. The third-order valence-corrected chi connectivity index (χ3v) is 3.62. The van der Waals surface area contributed by atoms with Crippen LogP contribution < -0.4 is 4.74 Å². The summed E-state index contributed by atoms with van der Waals surface area (Å²) >= 11 is 0. The van der Waals surface area contributed by atoms with Crippen molar-refractivity contribution in [3.63, 3.8) is 0 Å². The number of rotatable bonds is 2. The Morgan fingerprint density at radius 3 is 2.85 bits per heavy atom. The molecule has 1 aromatic rings.